The van der Waals surface area contributed by atoms with Gasteiger partial charge in [0, 0.05) is 19.6 Å². The highest BCUT2D eigenvalue weighted by Crippen LogP contribution is 2.43. The third-order valence-corrected chi connectivity index (χ3v) is 7.27. The Labute approximate surface area is 228 Å². The maximum atomic E-state index is 14.0. The molecular weight excluding hydrogens is 527 g/mol. The largest absolute Gasteiger partial charge is 0.478 e. The van der Waals surface area contributed by atoms with Crippen molar-refractivity contribution in [3.05, 3.63) is 105 Å². The average molecular weight is 555 g/mol. The highest BCUT2D eigenvalue weighted by Gasteiger charge is 2.37. The van der Waals surface area contributed by atoms with Gasteiger partial charge in [-0.2, -0.15) is 13.2 Å². The summed E-state index contributed by atoms with van der Waals surface area (Å²) >= 11 is 0. The van der Waals surface area contributed by atoms with Crippen molar-refractivity contribution in [1.29, 1.82) is 0 Å². The maximum Gasteiger partial charge on any atom is 0.418 e. The molecule has 1 fully saturated rings. The van der Waals surface area contributed by atoms with Crippen molar-refractivity contribution >= 4 is 23.2 Å². The number of nitrogens with zero attached hydrogens (tertiary/aromatic N) is 2. The molecule has 0 saturated carbocycles. The third-order valence-electron chi connectivity index (χ3n) is 7.27. The van der Waals surface area contributed by atoms with Gasteiger partial charge in [0.1, 0.15) is 5.82 Å². The Kier molecular flexibility index (Phi) is 7.85. The molecule has 0 radical (unpaired) electrons. The van der Waals surface area contributed by atoms with E-state index in [2.05, 4.69) is 16.0 Å². The number of hydrogen-bond acceptors (Lipinski definition) is 3. The molecule has 0 atom stereocenters. The van der Waals surface area contributed by atoms with Crippen LogP contribution in [0.4, 0.5) is 22.0 Å². The standard InChI is InChI=1S/C31H27F5N2O2/c32-11-2-12-38-17-20(18-38)13-19-5-7-21(8-6-19)28-25-10-9-23(30(39)40)14-22(25)3-1-4-26(28)29-27(31(34,35)36)15-24(33)16-37-29/h5-10,13-16H,1-4,11-12,17-18H2,(H,39,40). The van der Waals surface area contributed by atoms with Gasteiger partial charge in [-0.15, -0.1) is 0 Å². The summed E-state index contributed by atoms with van der Waals surface area (Å²) in [4.78, 5) is 17.7. The molecule has 3 aromatic rings. The van der Waals surface area contributed by atoms with Gasteiger partial charge in [-0.3, -0.25) is 14.3 Å². The normalized spacial score (nSPS) is 15.9. The Bertz CT molecular complexity index is 1480. The fraction of sp³-hybridized carbons (Fsp3) is 0.290. The molecule has 1 aliphatic carbocycles. The first-order chi connectivity index (χ1) is 19.1. The van der Waals surface area contributed by atoms with Gasteiger partial charge < -0.3 is 5.11 Å². The highest BCUT2D eigenvalue weighted by atomic mass is 19.4. The second-order valence-corrected chi connectivity index (χ2v) is 10.1. The Morgan fingerprint density at radius 2 is 1.80 bits per heavy atom. The average Bonchev–Trinajstić information content (AvgIpc) is 3.09. The van der Waals surface area contributed by atoms with E-state index in [-0.39, 0.29) is 24.4 Å². The molecular formula is C31H27F5N2O2. The van der Waals surface area contributed by atoms with Crippen LogP contribution in [0.3, 0.4) is 0 Å². The van der Waals surface area contributed by atoms with Crippen LogP contribution in [0.1, 0.15) is 63.1 Å². The molecule has 0 spiro atoms. The molecule has 2 heterocycles. The Balaban J connectivity index is 1.61. The number of allylic oxidation sites excluding steroid dienone is 1. The number of likely N-dealkylation sites (tertiary alicyclic amines) is 1. The molecule has 1 saturated heterocycles. The molecule has 1 aliphatic heterocycles. The van der Waals surface area contributed by atoms with E-state index in [9.17, 15) is 31.9 Å². The van der Waals surface area contributed by atoms with Gasteiger partial charge in [-0.1, -0.05) is 36.4 Å². The first kappa shape index (κ1) is 27.7. The van der Waals surface area contributed by atoms with Gasteiger partial charge in [-0.25, -0.2) is 9.18 Å². The topological polar surface area (TPSA) is 53.4 Å². The molecule has 2 aromatic carbocycles. The van der Waals surface area contributed by atoms with Crippen LogP contribution >= 0.6 is 0 Å². The molecule has 40 heavy (non-hydrogen) atoms. The summed E-state index contributed by atoms with van der Waals surface area (Å²) in [7, 11) is 0. The second kappa shape index (κ2) is 11.3. The SMILES string of the molecule is O=C(O)c1ccc2c(c1)CCCC(c1ncc(F)cc1C(F)(F)F)=C2c1ccc(C=C2CN(CCCF)C2)cc1. The number of hydrogen-bond donors (Lipinski definition) is 1. The molecule has 1 aromatic heterocycles. The Hall–Kier alpha value is -3.85. The van der Waals surface area contributed by atoms with E-state index < -0.39 is 23.5 Å². The van der Waals surface area contributed by atoms with E-state index >= 15 is 0 Å². The fourth-order valence-corrected chi connectivity index (χ4v) is 5.43. The lowest BCUT2D eigenvalue weighted by Gasteiger charge is -2.33. The van der Waals surface area contributed by atoms with Gasteiger partial charge in [0.2, 0.25) is 0 Å². The molecule has 208 valence electrons. The summed E-state index contributed by atoms with van der Waals surface area (Å²) in [5.74, 6) is -2.16. The van der Waals surface area contributed by atoms with E-state index in [1.807, 2.05) is 24.3 Å². The predicted molar refractivity (Wildman–Crippen MR) is 143 cm³/mol. The molecule has 1 N–H and O–H groups in total. The van der Waals surface area contributed by atoms with Crippen molar-refractivity contribution in [1.82, 2.24) is 9.88 Å². The summed E-state index contributed by atoms with van der Waals surface area (Å²) in [5.41, 5.74) is 3.62. The van der Waals surface area contributed by atoms with Crippen LogP contribution in [-0.4, -0.2) is 47.3 Å². The smallest absolute Gasteiger partial charge is 0.418 e. The number of aromatic nitrogens is 1. The van der Waals surface area contributed by atoms with Gasteiger partial charge in [0.15, 0.2) is 0 Å². The van der Waals surface area contributed by atoms with Crippen LogP contribution in [0.15, 0.2) is 60.3 Å². The number of aromatic carboxylic acids is 1. The number of benzene rings is 2. The number of alkyl halides is 4. The number of carbonyl (C=O) groups is 1. The summed E-state index contributed by atoms with van der Waals surface area (Å²) in [6.45, 7) is 1.91. The van der Waals surface area contributed by atoms with Crippen LogP contribution in [0, 0.1) is 5.82 Å². The first-order valence-electron chi connectivity index (χ1n) is 13.0. The summed E-state index contributed by atoms with van der Waals surface area (Å²) in [5, 5.41) is 9.50. The number of pyridine rings is 1. The first-order valence-corrected chi connectivity index (χ1v) is 13.0. The molecule has 0 bridgehead atoms. The predicted octanol–water partition coefficient (Wildman–Crippen LogP) is 7.29. The summed E-state index contributed by atoms with van der Waals surface area (Å²) in [6.07, 6.45) is -0.290. The molecule has 0 unspecified atom stereocenters. The monoisotopic (exact) mass is 554 g/mol. The van der Waals surface area contributed by atoms with Crippen LogP contribution in [0.5, 0.6) is 0 Å². The number of fused-ring (bicyclic) bond motifs is 1. The van der Waals surface area contributed by atoms with Crippen molar-refractivity contribution in [2.24, 2.45) is 0 Å². The number of aryl methyl sites for hydroxylation is 1. The van der Waals surface area contributed by atoms with Gasteiger partial charge in [-0.05, 0) is 82.9 Å². The van der Waals surface area contributed by atoms with Gasteiger partial charge in [0.25, 0.3) is 0 Å². The number of carboxylic acids is 1. The molecule has 0 amide bonds. The fourth-order valence-electron chi connectivity index (χ4n) is 5.43. The van der Waals surface area contributed by atoms with E-state index in [1.54, 1.807) is 12.1 Å². The van der Waals surface area contributed by atoms with Gasteiger partial charge >= 0.3 is 12.1 Å². The zero-order chi connectivity index (χ0) is 28.4. The highest BCUT2D eigenvalue weighted by molar-refractivity contribution is 6.00. The minimum absolute atomic E-state index is 0.0977. The Morgan fingerprint density at radius 3 is 2.48 bits per heavy atom. The number of halogens is 5. The molecule has 5 rings (SSSR count). The Morgan fingerprint density at radius 1 is 1.05 bits per heavy atom. The van der Waals surface area contributed by atoms with Gasteiger partial charge in [0.05, 0.1) is 29.7 Å². The second-order valence-electron chi connectivity index (χ2n) is 10.1. The van der Waals surface area contributed by atoms with Crippen molar-refractivity contribution < 1.29 is 31.9 Å². The molecule has 9 heteroatoms. The third kappa shape index (κ3) is 5.84. The number of rotatable bonds is 7. The lowest BCUT2D eigenvalue weighted by molar-refractivity contribution is -0.138. The lowest BCUT2D eigenvalue weighted by Crippen LogP contribution is -2.40. The van der Waals surface area contributed by atoms with Crippen molar-refractivity contribution in [3.63, 3.8) is 0 Å². The van der Waals surface area contributed by atoms with Crippen LogP contribution < -0.4 is 0 Å². The zero-order valence-electron chi connectivity index (χ0n) is 21.6. The maximum absolute atomic E-state index is 14.0. The summed E-state index contributed by atoms with van der Waals surface area (Å²) < 4.78 is 68.4. The van der Waals surface area contributed by atoms with E-state index in [4.69, 9.17) is 0 Å². The molecule has 4 nitrogen and oxygen atoms in total. The number of carboxylic acid groups (broad SMARTS) is 1. The minimum Gasteiger partial charge on any atom is -0.478 e. The zero-order valence-corrected chi connectivity index (χ0v) is 21.6. The minimum atomic E-state index is -4.82. The van der Waals surface area contributed by atoms with E-state index in [0.29, 0.717) is 54.1 Å². The lowest BCUT2D eigenvalue weighted by atomic mass is 9.87. The van der Waals surface area contributed by atoms with E-state index in [0.717, 1.165) is 30.4 Å². The quantitative estimate of drug-likeness (QED) is 0.312. The summed E-state index contributed by atoms with van der Waals surface area (Å²) in [6, 6.07) is 12.5. The van der Waals surface area contributed by atoms with E-state index in [1.165, 1.54) is 11.6 Å². The van der Waals surface area contributed by atoms with Crippen LogP contribution in [0.25, 0.3) is 17.2 Å². The van der Waals surface area contributed by atoms with Crippen LogP contribution in [0.2, 0.25) is 0 Å². The molecule has 2 aliphatic rings. The van der Waals surface area contributed by atoms with Crippen molar-refractivity contribution in [2.45, 2.75) is 31.9 Å². The van der Waals surface area contributed by atoms with Crippen molar-refractivity contribution in [3.8, 4) is 0 Å². The van der Waals surface area contributed by atoms with Crippen LogP contribution in [-0.2, 0) is 12.6 Å². The van der Waals surface area contributed by atoms with Crippen molar-refractivity contribution in [2.75, 3.05) is 26.3 Å².